The number of amides is 2. The van der Waals surface area contributed by atoms with Gasteiger partial charge >= 0.3 is 0 Å². The van der Waals surface area contributed by atoms with E-state index in [9.17, 15) is 9.59 Å². The summed E-state index contributed by atoms with van der Waals surface area (Å²) in [6.45, 7) is 5.67. The first-order chi connectivity index (χ1) is 15.0. The van der Waals surface area contributed by atoms with Crippen molar-refractivity contribution < 1.29 is 14.3 Å². The minimum absolute atomic E-state index is 0.00170. The Bertz CT molecular complexity index is 1010. The van der Waals surface area contributed by atoms with Gasteiger partial charge in [-0.2, -0.15) is 0 Å². The summed E-state index contributed by atoms with van der Waals surface area (Å²) in [5.74, 6) is 0.100. The number of nitrogens with one attached hydrogen (secondary N) is 2. The van der Waals surface area contributed by atoms with Crippen LogP contribution in [0.1, 0.15) is 37.6 Å². The van der Waals surface area contributed by atoms with Gasteiger partial charge in [-0.25, -0.2) is 0 Å². The fraction of sp³-hybridized carbons (Fsp3) is 0.231. The van der Waals surface area contributed by atoms with Crippen molar-refractivity contribution in [1.82, 2.24) is 5.32 Å². The van der Waals surface area contributed by atoms with E-state index in [-0.39, 0.29) is 17.9 Å². The summed E-state index contributed by atoms with van der Waals surface area (Å²) in [4.78, 5) is 25.3. The van der Waals surface area contributed by atoms with E-state index in [1.165, 1.54) is 0 Å². The summed E-state index contributed by atoms with van der Waals surface area (Å²) >= 11 is 0. The van der Waals surface area contributed by atoms with Crippen molar-refractivity contribution in [2.24, 2.45) is 0 Å². The normalized spacial score (nSPS) is 11.6. The minimum Gasteiger partial charge on any atom is -0.481 e. The van der Waals surface area contributed by atoms with Crippen molar-refractivity contribution >= 4 is 17.5 Å². The summed E-state index contributed by atoms with van der Waals surface area (Å²) in [5.41, 5.74) is 3.09. The van der Waals surface area contributed by atoms with Crippen LogP contribution in [0, 0.1) is 0 Å². The first kappa shape index (κ1) is 22.1. The molecule has 2 amide bonds. The Balaban J connectivity index is 1.69. The molecule has 0 saturated carbocycles. The molecule has 0 saturated heterocycles. The second-order valence-corrected chi connectivity index (χ2v) is 7.57. The fourth-order valence-electron chi connectivity index (χ4n) is 3.19. The van der Waals surface area contributed by atoms with E-state index >= 15 is 0 Å². The number of anilines is 1. The van der Waals surface area contributed by atoms with Gasteiger partial charge in [0.25, 0.3) is 11.8 Å². The van der Waals surface area contributed by atoms with Gasteiger partial charge in [0.1, 0.15) is 5.75 Å². The van der Waals surface area contributed by atoms with Gasteiger partial charge in [0, 0.05) is 6.04 Å². The lowest BCUT2D eigenvalue weighted by Crippen LogP contribution is -2.34. The molecule has 3 aromatic rings. The molecule has 2 N–H and O–H groups in total. The summed E-state index contributed by atoms with van der Waals surface area (Å²) < 4.78 is 5.94. The highest BCUT2D eigenvalue weighted by Crippen LogP contribution is 2.23. The summed E-state index contributed by atoms with van der Waals surface area (Å²) in [6.07, 6.45) is -0.184. The number of hydrogen-bond donors (Lipinski definition) is 2. The quantitative estimate of drug-likeness (QED) is 0.524. The number of ether oxygens (including phenoxy) is 1. The molecule has 0 heterocycles. The average Bonchev–Trinajstić information content (AvgIpc) is 2.78. The highest BCUT2D eigenvalue weighted by Gasteiger charge is 2.21. The van der Waals surface area contributed by atoms with Crippen LogP contribution in [0.25, 0.3) is 11.1 Å². The van der Waals surface area contributed by atoms with E-state index in [2.05, 4.69) is 10.6 Å². The average molecular weight is 417 g/mol. The van der Waals surface area contributed by atoms with Crippen LogP contribution in [0.3, 0.4) is 0 Å². The molecule has 0 aliphatic heterocycles. The first-order valence-electron chi connectivity index (χ1n) is 10.5. The van der Waals surface area contributed by atoms with Crippen LogP contribution in [0.15, 0.2) is 78.9 Å². The predicted molar refractivity (Wildman–Crippen MR) is 124 cm³/mol. The summed E-state index contributed by atoms with van der Waals surface area (Å²) in [6, 6.07) is 24.7. The predicted octanol–water partition coefficient (Wildman–Crippen LogP) is 5.29. The van der Waals surface area contributed by atoms with Crippen LogP contribution >= 0.6 is 0 Å². The first-order valence-corrected chi connectivity index (χ1v) is 10.5. The lowest BCUT2D eigenvalue weighted by atomic mass is 10.1. The molecule has 5 nitrogen and oxygen atoms in total. The molecule has 0 aliphatic rings. The molecule has 0 bridgehead atoms. The molecule has 3 rings (SSSR count). The highest BCUT2D eigenvalue weighted by molar-refractivity contribution is 6.04. The Morgan fingerprint density at radius 3 is 2.10 bits per heavy atom. The van der Waals surface area contributed by atoms with E-state index in [4.69, 9.17) is 4.74 Å². The summed E-state index contributed by atoms with van der Waals surface area (Å²) in [5, 5.41) is 5.70. The molecule has 0 aliphatic carbocycles. The molecular weight excluding hydrogens is 388 g/mol. The minimum atomic E-state index is -0.677. The Morgan fingerprint density at radius 1 is 0.839 bits per heavy atom. The van der Waals surface area contributed by atoms with Crippen molar-refractivity contribution in [2.45, 2.75) is 39.3 Å². The zero-order valence-corrected chi connectivity index (χ0v) is 18.1. The van der Waals surface area contributed by atoms with Gasteiger partial charge in [-0.1, -0.05) is 61.5 Å². The fourth-order valence-corrected chi connectivity index (χ4v) is 3.19. The maximum atomic E-state index is 12.9. The van der Waals surface area contributed by atoms with E-state index in [1.807, 2.05) is 75.4 Å². The van der Waals surface area contributed by atoms with E-state index < -0.39 is 6.10 Å². The van der Waals surface area contributed by atoms with Crippen molar-refractivity contribution in [1.29, 1.82) is 0 Å². The van der Waals surface area contributed by atoms with Crippen LogP contribution in [-0.4, -0.2) is 24.0 Å². The van der Waals surface area contributed by atoms with E-state index in [1.54, 1.807) is 24.3 Å². The van der Waals surface area contributed by atoms with Crippen molar-refractivity contribution in [3.63, 3.8) is 0 Å². The van der Waals surface area contributed by atoms with Gasteiger partial charge in [0.2, 0.25) is 0 Å². The van der Waals surface area contributed by atoms with Crippen LogP contribution in [0.5, 0.6) is 5.75 Å². The molecule has 1 atom stereocenters. The number of hydrogen-bond acceptors (Lipinski definition) is 3. The molecular formula is C26H28N2O3. The molecule has 0 fully saturated rings. The summed E-state index contributed by atoms with van der Waals surface area (Å²) in [7, 11) is 0. The van der Waals surface area contributed by atoms with Crippen LogP contribution < -0.4 is 15.4 Å². The Morgan fingerprint density at radius 2 is 1.45 bits per heavy atom. The second kappa shape index (κ2) is 10.4. The highest BCUT2D eigenvalue weighted by atomic mass is 16.5. The third kappa shape index (κ3) is 5.95. The molecule has 160 valence electrons. The van der Waals surface area contributed by atoms with Gasteiger partial charge in [-0.3, -0.25) is 9.59 Å². The Labute approximate surface area is 183 Å². The second-order valence-electron chi connectivity index (χ2n) is 7.57. The van der Waals surface area contributed by atoms with Gasteiger partial charge in [0.15, 0.2) is 6.10 Å². The van der Waals surface area contributed by atoms with Gasteiger partial charge in [-0.15, -0.1) is 0 Å². The van der Waals surface area contributed by atoms with E-state index in [0.29, 0.717) is 23.4 Å². The topological polar surface area (TPSA) is 67.4 Å². The molecule has 1 unspecified atom stereocenters. The third-order valence-corrected chi connectivity index (χ3v) is 4.75. The molecule has 3 aromatic carbocycles. The molecule has 0 aromatic heterocycles. The number of carbonyl (C=O) groups excluding carboxylic acids is 2. The number of para-hydroxylation sites is 1. The molecule has 0 spiro atoms. The molecule has 0 radical (unpaired) electrons. The third-order valence-electron chi connectivity index (χ3n) is 4.75. The standard InChI is InChI=1S/C26H28N2O3/c1-4-24(31-21-16-14-20(15-17-21)19-10-6-5-7-11-19)26(30)28-23-13-9-8-12-22(23)25(29)27-18(2)3/h5-18,24H,4H2,1-3H3,(H,27,29)(H,28,30). The number of benzene rings is 3. The van der Waals surface area contributed by atoms with Crippen molar-refractivity contribution in [2.75, 3.05) is 5.32 Å². The molecule has 31 heavy (non-hydrogen) atoms. The zero-order valence-electron chi connectivity index (χ0n) is 18.1. The van der Waals surface area contributed by atoms with Gasteiger partial charge in [0.05, 0.1) is 11.3 Å². The van der Waals surface area contributed by atoms with Crippen molar-refractivity contribution in [3.05, 3.63) is 84.4 Å². The maximum Gasteiger partial charge on any atom is 0.265 e. The number of carbonyl (C=O) groups is 2. The largest absolute Gasteiger partial charge is 0.481 e. The monoisotopic (exact) mass is 416 g/mol. The van der Waals surface area contributed by atoms with Gasteiger partial charge in [-0.05, 0) is 55.7 Å². The zero-order chi connectivity index (χ0) is 22.2. The number of rotatable bonds is 8. The Kier molecular flexibility index (Phi) is 7.44. The van der Waals surface area contributed by atoms with Gasteiger partial charge < -0.3 is 15.4 Å². The maximum absolute atomic E-state index is 12.9. The lowest BCUT2D eigenvalue weighted by Gasteiger charge is -2.19. The molecule has 5 heteroatoms. The lowest BCUT2D eigenvalue weighted by molar-refractivity contribution is -0.122. The smallest absolute Gasteiger partial charge is 0.265 e. The SMILES string of the molecule is CCC(Oc1ccc(-c2ccccc2)cc1)C(=O)Nc1ccccc1C(=O)NC(C)C. The van der Waals surface area contributed by atoms with Crippen molar-refractivity contribution in [3.8, 4) is 16.9 Å². The van der Waals surface area contributed by atoms with Crippen LogP contribution in [-0.2, 0) is 4.79 Å². The Hall–Kier alpha value is -3.60. The van der Waals surface area contributed by atoms with Crippen LogP contribution in [0.4, 0.5) is 5.69 Å². The van der Waals surface area contributed by atoms with Crippen LogP contribution in [0.2, 0.25) is 0 Å². The van der Waals surface area contributed by atoms with E-state index in [0.717, 1.165) is 11.1 Å².